The molecule has 0 aliphatic carbocycles. The van der Waals surface area contributed by atoms with E-state index in [2.05, 4.69) is 9.98 Å². The Balaban J connectivity index is 2.63. The Hall–Kier alpha value is -1.71. The van der Waals surface area contributed by atoms with Crippen LogP contribution in [0, 0.1) is 0 Å². The van der Waals surface area contributed by atoms with Gasteiger partial charge >= 0.3 is 5.97 Å². The van der Waals surface area contributed by atoms with E-state index in [0.717, 1.165) is 5.56 Å². The van der Waals surface area contributed by atoms with Crippen LogP contribution in [0.4, 0.5) is 0 Å². The van der Waals surface area contributed by atoms with Crippen LogP contribution in [0.1, 0.15) is 21.6 Å². The van der Waals surface area contributed by atoms with Crippen molar-refractivity contribution >= 4 is 12.2 Å². The number of carboxylic acid groups (broad SMARTS) is 1. The van der Waals surface area contributed by atoms with E-state index in [4.69, 9.17) is 5.11 Å². The van der Waals surface area contributed by atoms with E-state index in [1.807, 2.05) is 0 Å². The van der Waals surface area contributed by atoms with Gasteiger partial charge in [-0.2, -0.15) is 0 Å². The third-order valence-corrected chi connectivity index (χ3v) is 1.77. The third-order valence-electron chi connectivity index (χ3n) is 1.77. The SMILES string of the molecule is O=C(O)c1nccc2c1C=NC2. The zero-order chi connectivity index (χ0) is 8.55. The van der Waals surface area contributed by atoms with Crippen molar-refractivity contribution in [2.45, 2.75) is 6.54 Å². The van der Waals surface area contributed by atoms with Crippen molar-refractivity contribution in [1.29, 1.82) is 0 Å². The Morgan fingerprint density at radius 2 is 2.42 bits per heavy atom. The monoisotopic (exact) mass is 162 g/mol. The third kappa shape index (κ3) is 0.887. The van der Waals surface area contributed by atoms with Gasteiger partial charge in [0.15, 0.2) is 5.69 Å². The quantitative estimate of drug-likeness (QED) is 0.661. The highest BCUT2D eigenvalue weighted by Crippen LogP contribution is 2.16. The zero-order valence-corrected chi connectivity index (χ0v) is 6.19. The largest absolute Gasteiger partial charge is 0.476 e. The van der Waals surface area contributed by atoms with Crippen molar-refractivity contribution in [2.24, 2.45) is 4.99 Å². The second kappa shape index (κ2) is 2.41. The molecule has 0 saturated heterocycles. The molecular weight excluding hydrogens is 156 g/mol. The average molecular weight is 162 g/mol. The van der Waals surface area contributed by atoms with Gasteiger partial charge in [0.25, 0.3) is 0 Å². The molecule has 1 aliphatic rings. The van der Waals surface area contributed by atoms with Gasteiger partial charge in [0.1, 0.15) is 0 Å². The molecular formula is C8H6N2O2. The number of carboxylic acids is 1. The minimum absolute atomic E-state index is 0.0914. The van der Waals surface area contributed by atoms with Crippen LogP contribution in [0.2, 0.25) is 0 Å². The lowest BCUT2D eigenvalue weighted by Gasteiger charge is -1.98. The molecule has 0 bridgehead atoms. The molecule has 1 aromatic heterocycles. The number of aliphatic imine (C=N–C) groups is 1. The topological polar surface area (TPSA) is 62.5 Å². The van der Waals surface area contributed by atoms with Gasteiger partial charge in [-0.25, -0.2) is 9.78 Å². The Bertz CT molecular complexity index is 371. The van der Waals surface area contributed by atoms with Crippen molar-refractivity contribution in [3.63, 3.8) is 0 Å². The number of carbonyl (C=O) groups is 1. The van der Waals surface area contributed by atoms with Crippen molar-refractivity contribution < 1.29 is 9.90 Å². The van der Waals surface area contributed by atoms with Gasteiger partial charge < -0.3 is 5.11 Å². The number of pyridine rings is 1. The summed E-state index contributed by atoms with van der Waals surface area (Å²) >= 11 is 0. The summed E-state index contributed by atoms with van der Waals surface area (Å²) in [6.07, 6.45) is 3.06. The first kappa shape index (κ1) is 6.97. The van der Waals surface area contributed by atoms with E-state index in [9.17, 15) is 4.79 Å². The molecule has 2 heterocycles. The zero-order valence-electron chi connectivity index (χ0n) is 6.19. The fraction of sp³-hybridized carbons (Fsp3) is 0.125. The molecule has 0 spiro atoms. The van der Waals surface area contributed by atoms with E-state index in [1.165, 1.54) is 6.20 Å². The first-order chi connectivity index (χ1) is 5.79. The summed E-state index contributed by atoms with van der Waals surface area (Å²) in [5.41, 5.74) is 1.67. The Morgan fingerprint density at radius 3 is 3.17 bits per heavy atom. The van der Waals surface area contributed by atoms with E-state index in [1.54, 1.807) is 12.3 Å². The maximum atomic E-state index is 10.6. The van der Waals surface area contributed by atoms with Gasteiger partial charge in [0.2, 0.25) is 0 Å². The van der Waals surface area contributed by atoms with Crippen LogP contribution in [0.3, 0.4) is 0 Å². The van der Waals surface area contributed by atoms with Crippen LogP contribution in [-0.2, 0) is 6.54 Å². The van der Waals surface area contributed by atoms with Crippen molar-refractivity contribution in [2.75, 3.05) is 0 Å². The molecule has 0 aromatic carbocycles. The summed E-state index contributed by atoms with van der Waals surface area (Å²) < 4.78 is 0. The summed E-state index contributed by atoms with van der Waals surface area (Å²) in [5.74, 6) is -1.000. The van der Waals surface area contributed by atoms with Crippen molar-refractivity contribution in [3.05, 3.63) is 29.1 Å². The minimum atomic E-state index is -1.000. The molecule has 4 nitrogen and oxygen atoms in total. The molecule has 60 valence electrons. The van der Waals surface area contributed by atoms with Crippen LogP contribution in [0.25, 0.3) is 0 Å². The van der Waals surface area contributed by atoms with Gasteiger partial charge in [-0.15, -0.1) is 0 Å². The summed E-state index contributed by atoms with van der Waals surface area (Å²) in [5, 5.41) is 8.72. The smallest absolute Gasteiger partial charge is 0.355 e. The summed E-state index contributed by atoms with van der Waals surface area (Å²) in [6, 6.07) is 1.79. The number of nitrogens with zero attached hydrogens (tertiary/aromatic N) is 2. The molecule has 0 amide bonds. The van der Waals surface area contributed by atoms with E-state index >= 15 is 0 Å². The normalized spacial score (nSPS) is 13.0. The number of rotatable bonds is 1. The van der Waals surface area contributed by atoms with Crippen LogP contribution >= 0.6 is 0 Å². The van der Waals surface area contributed by atoms with E-state index in [0.29, 0.717) is 12.1 Å². The molecule has 1 aromatic rings. The van der Waals surface area contributed by atoms with E-state index < -0.39 is 5.97 Å². The summed E-state index contributed by atoms with van der Waals surface area (Å²) in [7, 11) is 0. The molecule has 0 fully saturated rings. The van der Waals surface area contributed by atoms with Gasteiger partial charge in [-0.05, 0) is 11.6 Å². The molecule has 2 rings (SSSR count). The first-order valence-corrected chi connectivity index (χ1v) is 3.50. The lowest BCUT2D eigenvalue weighted by atomic mass is 10.1. The highest BCUT2D eigenvalue weighted by Gasteiger charge is 2.16. The molecule has 1 N–H and O–H groups in total. The lowest BCUT2D eigenvalue weighted by molar-refractivity contribution is 0.0690. The van der Waals surface area contributed by atoms with Gasteiger partial charge in [-0.3, -0.25) is 4.99 Å². The Labute approximate surface area is 68.6 Å². The maximum Gasteiger partial charge on any atom is 0.355 e. The summed E-state index contributed by atoms with van der Waals surface area (Å²) in [6.45, 7) is 0.568. The van der Waals surface area contributed by atoms with Crippen LogP contribution in [-0.4, -0.2) is 22.3 Å². The van der Waals surface area contributed by atoms with Gasteiger partial charge in [-0.1, -0.05) is 0 Å². The van der Waals surface area contributed by atoms with Gasteiger partial charge in [0, 0.05) is 18.0 Å². The van der Waals surface area contributed by atoms with E-state index in [-0.39, 0.29) is 5.69 Å². The predicted molar refractivity (Wildman–Crippen MR) is 42.5 cm³/mol. The number of hydrogen-bond donors (Lipinski definition) is 1. The number of aromatic nitrogens is 1. The first-order valence-electron chi connectivity index (χ1n) is 3.50. The molecule has 0 unspecified atom stereocenters. The Kier molecular flexibility index (Phi) is 1.40. The van der Waals surface area contributed by atoms with Crippen molar-refractivity contribution in [3.8, 4) is 0 Å². The van der Waals surface area contributed by atoms with Crippen LogP contribution in [0.5, 0.6) is 0 Å². The number of aromatic carboxylic acids is 1. The molecule has 0 saturated carbocycles. The van der Waals surface area contributed by atoms with Gasteiger partial charge in [0.05, 0.1) is 6.54 Å². The standard InChI is InChI=1S/C8H6N2O2/c11-8(12)7-6-4-9-3-5(6)1-2-10-7/h1-2,4H,3H2,(H,11,12). The maximum absolute atomic E-state index is 10.6. The second-order valence-electron chi connectivity index (χ2n) is 2.51. The Morgan fingerprint density at radius 1 is 1.58 bits per heavy atom. The average Bonchev–Trinajstić information content (AvgIpc) is 2.49. The number of hydrogen-bond acceptors (Lipinski definition) is 3. The molecule has 0 radical (unpaired) electrons. The summed E-state index contributed by atoms with van der Waals surface area (Å²) in [4.78, 5) is 18.4. The van der Waals surface area contributed by atoms with Crippen LogP contribution in [0.15, 0.2) is 17.3 Å². The molecule has 4 heteroatoms. The highest BCUT2D eigenvalue weighted by atomic mass is 16.4. The predicted octanol–water partition coefficient (Wildman–Crippen LogP) is 0.712. The minimum Gasteiger partial charge on any atom is -0.476 e. The second-order valence-corrected chi connectivity index (χ2v) is 2.51. The molecule has 1 aliphatic heterocycles. The fourth-order valence-corrected chi connectivity index (χ4v) is 1.20. The lowest BCUT2D eigenvalue weighted by Crippen LogP contribution is -2.05. The highest BCUT2D eigenvalue weighted by molar-refractivity contribution is 5.98. The fourth-order valence-electron chi connectivity index (χ4n) is 1.20. The molecule has 12 heavy (non-hydrogen) atoms. The molecule has 0 atom stereocenters. The number of fused-ring (bicyclic) bond motifs is 1. The van der Waals surface area contributed by atoms with Crippen LogP contribution < -0.4 is 0 Å². The van der Waals surface area contributed by atoms with Crippen molar-refractivity contribution in [1.82, 2.24) is 4.98 Å².